The molecule has 0 saturated carbocycles. The van der Waals surface area contributed by atoms with Crippen LogP contribution in [0, 0.1) is 0 Å². The molecule has 0 bridgehead atoms. The molecular weight excluding hydrogens is 604 g/mol. The Hall–Kier alpha value is -5.55. The third-order valence-corrected chi connectivity index (χ3v) is 7.91. The van der Waals surface area contributed by atoms with E-state index in [1.54, 1.807) is 78.9 Å². The lowest BCUT2D eigenvalue weighted by Crippen LogP contribution is -2.30. The van der Waals surface area contributed by atoms with Gasteiger partial charge in [0.15, 0.2) is 0 Å². The summed E-state index contributed by atoms with van der Waals surface area (Å²) in [5.74, 6) is -1.14. The van der Waals surface area contributed by atoms with Crippen molar-refractivity contribution in [2.75, 3.05) is 23.1 Å². The molecule has 0 aliphatic carbocycles. The summed E-state index contributed by atoms with van der Waals surface area (Å²) in [4.78, 5) is 51.7. The summed E-state index contributed by atoms with van der Waals surface area (Å²) in [7, 11) is 1.44. The van der Waals surface area contributed by atoms with Gasteiger partial charge in [0.2, 0.25) is 11.8 Å². The lowest BCUT2D eigenvalue weighted by Gasteiger charge is -2.16. The van der Waals surface area contributed by atoms with Crippen molar-refractivity contribution >= 4 is 58.5 Å². The van der Waals surface area contributed by atoms with Crippen molar-refractivity contribution < 1.29 is 29.0 Å². The highest BCUT2D eigenvalue weighted by molar-refractivity contribution is 8.00. The molecule has 0 heterocycles. The number of nitrogens with one attached hydrogen (secondary N) is 4. The number of phenols is 1. The largest absolute Gasteiger partial charge is 0.508 e. The number of benzene rings is 4. The first-order chi connectivity index (χ1) is 22.1. The van der Waals surface area contributed by atoms with Gasteiger partial charge in [0.1, 0.15) is 17.2 Å². The smallest absolute Gasteiger partial charge is 0.272 e. The van der Waals surface area contributed by atoms with Gasteiger partial charge in [-0.3, -0.25) is 19.2 Å². The molecule has 0 fully saturated rings. The fourth-order valence-corrected chi connectivity index (χ4v) is 5.33. The first-order valence-corrected chi connectivity index (χ1v) is 15.2. The van der Waals surface area contributed by atoms with Crippen LogP contribution in [0.3, 0.4) is 0 Å². The molecule has 0 aliphatic rings. The Labute approximate surface area is 271 Å². The Morgan fingerprint density at radius 3 is 2.17 bits per heavy atom. The van der Waals surface area contributed by atoms with E-state index in [-0.39, 0.29) is 23.3 Å². The molecule has 4 amide bonds. The van der Waals surface area contributed by atoms with Crippen LogP contribution in [-0.2, 0) is 14.4 Å². The summed E-state index contributed by atoms with van der Waals surface area (Å²) in [6, 6.07) is 26.8. The van der Waals surface area contributed by atoms with Crippen LogP contribution in [0.15, 0.2) is 108 Å². The van der Waals surface area contributed by atoms with E-state index in [1.807, 2.05) is 13.0 Å². The number of ether oxygens (including phenoxy) is 1. The van der Waals surface area contributed by atoms with Crippen molar-refractivity contribution in [2.24, 2.45) is 0 Å². The van der Waals surface area contributed by atoms with E-state index in [4.69, 9.17) is 4.74 Å². The maximum Gasteiger partial charge on any atom is 0.272 e. The van der Waals surface area contributed by atoms with Crippen LogP contribution >= 0.6 is 11.8 Å². The minimum atomic E-state index is -0.589. The Morgan fingerprint density at radius 2 is 1.52 bits per heavy atom. The Balaban J connectivity index is 1.50. The number of anilines is 3. The molecule has 11 heteroatoms. The quantitative estimate of drug-likeness (QED) is 0.0907. The van der Waals surface area contributed by atoms with Crippen LogP contribution < -0.4 is 26.0 Å². The summed E-state index contributed by atoms with van der Waals surface area (Å²) in [5.41, 5.74) is 2.46. The summed E-state index contributed by atoms with van der Waals surface area (Å²) >= 11 is 1.35. The molecule has 4 rings (SSSR count). The van der Waals surface area contributed by atoms with Crippen LogP contribution in [0.2, 0.25) is 0 Å². The van der Waals surface area contributed by atoms with Gasteiger partial charge in [-0.05, 0) is 79.2 Å². The van der Waals surface area contributed by atoms with Crippen molar-refractivity contribution in [2.45, 2.75) is 30.4 Å². The number of hydrogen-bond acceptors (Lipinski definition) is 7. The Kier molecular flexibility index (Phi) is 11.6. The van der Waals surface area contributed by atoms with E-state index < -0.39 is 17.1 Å². The number of hydrogen-bond donors (Lipinski definition) is 5. The molecule has 1 atom stereocenters. The topological polar surface area (TPSA) is 146 Å². The average Bonchev–Trinajstić information content (AvgIpc) is 3.05. The lowest BCUT2D eigenvalue weighted by atomic mass is 10.1. The third kappa shape index (κ3) is 9.47. The molecule has 0 aromatic heterocycles. The zero-order chi connectivity index (χ0) is 33.1. The van der Waals surface area contributed by atoms with Gasteiger partial charge in [0.05, 0.1) is 12.4 Å². The van der Waals surface area contributed by atoms with Gasteiger partial charge in [-0.15, -0.1) is 11.8 Å². The van der Waals surface area contributed by atoms with Gasteiger partial charge in [0, 0.05) is 46.1 Å². The van der Waals surface area contributed by atoms with Gasteiger partial charge in [-0.25, -0.2) is 0 Å². The molecule has 0 spiro atoms. The molecule has 236 valence electrons. The monoisotopic (exact) mass is 638 g/mol. The van der Waals surface area contributed by atoms with Crippen molar-refractivity contribution in [3.8, 4) is 11.5 Å². The molecule has 10 nitrogen and oxygen atoms in total. The Morgan fingerprint density at radius 1 is 0.826 bits per heavy atom. The van der Waals surface area contributed by atoms with Crippen molar-refractivity contribution in [3.63, 3.8) is 0 Å². The second kappa shape index (κ2) is 16.0. The molecule has 1 unspecified atom stereocenters. The number of methoxy groups -OCH3 is 1. The first-order valence-electron chi connectivity index (χ1n) is 14.4. The van der Waals surface area contributed by atoms with Crippen LogP contribution in [0.5, 0.6) is 11.5 Å². The van der Waals surface area contributed by atoms with E-state index >= 15 is 0 Å². The summed E-state index contributed by atoms with van der Waals surface area (Å²) in [5, 5.41) is 20.5. The molecule has 4 aromatic rings. The highest BCUT2D eigenvalue weighted by atomic mass is 32.2. The lowest BCUT2D eigenvalue weighted by molar-refractivity contribution is -0.116. The van der Waals surface area contributed by atoms with E-state index in [1.165, 1.54) is 44.0 Å². The van der Waals surface area contributed by atoms with Gasteiger partial charge < -0.3 is 31.1 Å². The molecular formula is C35H34N4O6S. The summed E-state index contributed by atoms with van der Waals surface area (Å²) < 4.78 is 5.35. The standard InChI is InChI=1S/C35H34N4O6S/c1-4-32(35(44)37-26-16-14-25(15-17-26)36-22(2)40)46-29-12-8-11-27(20-29)38-34(43)30(39-33(42)23-9-6-5-7-10-23)19-24-13-18-28(41)21-31(24)45-3/h5-21,32,41H,4H2,1-3H3,(H,36,40)(H,37,44)(H,38,43)(H,39,42)/b30-19+. The number of phenolic OH excluding ortho intramolecular Hbond substituents is 1. The predicted octanol–water partition coefficient (Wildman–Crippen LogP) is 6.28. The number of rotatable bonds is 12. The van der Waals surface area contributed by atoms with E-state index in [0.717, 1.165) is 4.90 Å². The zero-order valence-corrected chi connectivity index (χ0v) is 26.3. The molecule has 0 aliphatic heterocycles. The number of aromatic hydroxyl groups is 1. The molecule has 0 radical (unpaired) electrons. The molecule has 46 heavy (non-hydrogen) atoms. The maximum absolute atomic E-state index is 13.6. The van der Waals surface area contributed by atoms with E-state index in [0.29, 0.717) is 40.4 Å². The van der Waals surface area contributed by atoms with Crippen LogP contribution in [0.1, 0.15) is 36.2 Å². The van der Waals surface area contributed by atoms with Gasteiger partial charge >= 0.3 is 0 Å². The highest BCUT2D eigenvalue weighted by Gasteiger charge is 2.20. The van der Waals surface area contributed by atoms with E-state index in [2.05, 4.69) is 21.3 Å². The fourth-order valence-electron chi connectivity index (χ4n) is 4.31. The van der Waals surface area contributed by atoms with Crippen molar-refractivity contribution in [1.82, 2.24) is 5.32 Å². The second-order valence-electron chi connectivity index (χ2n) is 10.0. The number of carbonyl (C=O) groups is 4. The van der Waals surface area contributed by atoms with Crippen molar-refractivity contribution in [1.29, 1.82) is 0 Å². The molecule has 5 N–H and O–H groups in total. The van der Waals surface area contributed by atoms with Crippen molar-refractivity contribution in [3.05, 3.63) is 114 Å². The zero-order valence-electron chi connectivity index (χ0n) is 25.5. The number of carbonyl (C=O) groups excluding carboxylic acids is 4. The summed E-state index contributed by atoms with van der Waals surface area (Å²) in [6.45, 7) is 3.33. The van der Waals surface area contributed by atoms with Gasteiger partial charge in [-0.2, -0.15) is 0 Å². The predicted molar refractivity (Wildman–Crippen MR) is 181 cm³/mol. The second-order valence-corrected chi connectivity index (χ2v) is 11.3. The minimum absolute atomic E-state index is 0.0124. The fraction of sp³-hybridized carbons (Fsp3) is 0.143. The van der Waals surface area contributed by atoms with Crippen LogP contribution in [0.4, 0.5) is 17.1 Å². The Bertz CT molecular complexity index is 1740. The third-order valence-electron chi connectivity index (χ3n) is 6.55. The maximum atomic E-state index is 13.6. The SMILES string of the molecule is CCC(Sc1cccc(NC(=O)/C(=C\c2ccc(O)cc2OC)NC(=O)c2ccccc2)c1)C(=O)Nc1ccc(NC(C)=O)cc1. The number of thioether (sulfide) groups is 1. The number of amides is 4. The normalized spacial score (nSPS) is 11.6. The molecule has 4 aromatic carbocycles. The van der Waals surface area contributed by atoms with Gasteiger partial charge in [-0.1, -0.05) is 31.2 Å². The van der Waals surface area contributed by atoms with E-state index in [9.17, 15) is 24.3 Å². The van der Waals surface area contributed by atoms with Crippen LogP contribution in [-0.4, -0.2) is 41.1 Å². The summed E-state index contributed by atoms with van der Waals surface area (Å²) in [6.07, 6.45) is 2.01. The minimum Gasteiger partial charge on any atom is -0.508 e. The first kappa shape index (κ1) is 33.3. The highest BCUT2D eigenvalue weighted by Crippen LogP contribution is 2.30. The average molecular weight is 639 g/mol. The molecule has 0 saturated heterocycles. The van der Waals surface area contributed by atoms with Crippen LogP contribution in [0.25, 0.3) is 6.08 Å². The van der Waals surface area contributed by atoms with Gasteiger partial charge in [0.25, 0.3) is 11.8 Å².